The molecule has 3 saturated heterocycles. The zero-order chi connectivity index (χ0) is 23.8. The third-order valence-electron chi connectivity index (χ3n) is 7.97. The van der Waals surface area contributed by atoms with E-state index < -0.39 is 0 Å². The molecule has 6 rings (SSSR count). The van der Waals surface area contributed by atoms with Gasteiger partial charge in [-0.1, -0.05) is 6.07 Å². The van der Waals surface area contributed by atoms with E-state index in [1.807, 2.05) is 15.5 Å². The molecule has 2 N–H and O–H groups in total. The van der Waals surface area contributed by atoms with Crippen molar-refractivity contribution in [3.05, 3.63) is 57.3 Å². The van der Waals surface area contributed by atoms with Crippen LogP contribution >= 0.6 is 0 Å². The number of carboxylic acid groups (broad SMARTS) is 1. The number of fused-ring (bicyclic) bond motifs is 6. The van der Waals surface area contributed by atoms with Gasteiger partial charge in [0.2, 0.25) is 0 Å². The van der Waals surface area contributed by atoms with E-state index in [-0.39, 0.29) is 29.8 Å². The summed E-state index contributed by atoms with van der Waals surface area (Å²) < 4.78 is 2.00. The molecule has 0 aromatic carbocycles. The number of carbonyl (C=O) groups is 2. The van der Waals surface area contributed by atoms with E-state index in [1.165, 1.54) is 25.7 Å². The number of aromatic amines is 1. The normalized spacial score (nSPS) is 26.9. The van der Waals surface area contributed by atoms with Crippen molar-refractivity contribution in [1.29, 1.82) is 5.26 Å². The van der Waals surface area contributed by atoms with E-state index in [1.54, 1.807) is 12.3 Å². The Morgan fingerprint density at radius 3 is 2.53 bits per heavy atom. The Balaban J connectivity index is 0.000000764. The summed E-state index contributed by atoms with van der Waals surface area (Å²) in [5, 5.41) is 15.9. The Morgan fingerprint density at radius 1 is 1.18 bits per heavy atom. The molecule has 2 atom stereocenters. The average molecular weight is 464 g/mol. The Hall–Kier alpha value is -3.38. The lowest BCUT2D eigenvalue weighted by molar-refractivity contribution is -0.122. The Bertz CT molecular complexity index is 1170. The molecular formula is C25H29N5O4. The molecule has 4 bridgehead atoms. The number of amides is 1. The van der Waals surface area contributed by atoms with Crippen molar-refractivity contribution in [3.8, 4) is 6.07 Å². The molecule has 0 radical (unpaired) electrons. The first-order chi connectivity index (χ1) is 16.5. The smallest absolute Gasteiger partial charge is 0.290 e. The van der Waals surface area contributed by atoms with E-state index in [2.05, 4.69) is 22.0 Å². The molecule has 9 heteroatoms. The third-order valence-corrected chi connectivity index (χ3v) is 7.97. The van der Waals surface area contributed by atoms with Crippen LogP contribution in [0.3, 0.4) is 0 Å². The molecule has 2 aromatic rings. The molecule has 4 aliphatic heterocycles. The number of hydrogen-bond acceptors (Lipinski definition) is 5. The number of nitrogens with one attached hydrogen (secondary N) is 1. The molecular weight excluding hydrogens is 434 g/mol. The van der Waals surface area contributed by atoms with Gasteiger partial charge in [0, 0.05) is 61.6 Å². The van der Waals surface area contributed by atoms with E-state index in [0.29, 0.717) is 43.0 Å². The van der Waals surface area contributed by atoms with Gasteiger partial charge in [0.05, 0.1) is 5.56 Å². The topological polar surface area (TPSA) is 122 Å². The summed E-state index contributed by atoms with van der Waals surface area (Å²) in [5.74, 6) is 0.413. The minimum atomic E-state index is -0.250. The van der Waals surface area contributed by atoms with Gasteiger partial charge in [-0.15, -0.1) is 0 Å². The van der Waals surface area contributed by atoms with Crippen molar-refractivity contribution in [2.24, 2.45) is 5.92 Å². The van der Waals surface area contributed by atoms with E-state index >= 15 is 0 Å². The van der Waals surface area contributed by atoms with Gasteiger partial charge in [0.25, 0.3) is 17.9 Å². The number of H-pyrrole nitrogens is 1. The maximum Gasteiger partial charge on any atom is 0.290 e. The number of aromatic nitrogens is 2. The average Bonchev–Trinajstić information content (AvgIpc) is 3.57. The summed E-state index contributed by atoms with van der Waals surface area (Å²) >= 11 is 0. The minimum Gasteiger partial charge on any atom is -0.483 e. The van der Waals surface area contributed by atoms with Gasteiger partial charge >= 0.3 is 0 Å². The zero-order valence-electron chi connectivity index (χ0n) is 19.0. The lowest BCUT2D eigenvalue weighted by atomic mass is 9.83. The molecule has 178 valence electrons. The summed E-state index contributed by atoms with van der Waals surface area (Å²) in [6, 6.07) is 9.18. The summed E-state index contributed by atoms with van der Waals surface area (Å²) in [5.41, 5.74) is 3.09. The number of hydrogen-bond donors (Lipinski definition) is 2. The molecule has 34 heavy (non-hydrogen) atoms. The first kappa shape index (κ1) is 22.4. The number of rotatable bonds is 3. The molecule has 1 amide bonds. The summed E-state index contributed by atoms with van der Waals surface area (Å²) in [4.78, 5) is 42.1. The van der Waals surface area contributed by atoms with Crippen LogP contribution in [0, 0.1) is 17.2 Å². The highest BCUT2D eigenvalue weighted by Crippen LogP contribution is 2.39. The SMILES string of the molecule is N#Cc1c[nH]c(C(=O)N2C[C@@H]3C[C@H](C2)c2ccc(CN4C5CCC4CC5)c(=O)n2C3)c1.O=CO. The zero-order valence-corrected chi connectivity index (χ0v) is 19.0. The van der Waals surface area contributed by atoms with Crippen molar-refractivity contribution in [2.75, 3.05) is 13.1 Å². The van der Waals surface area contributed by atoms with Crippen molar-refractivity contribution < 1.29 is 14.7 Å². The molecule has 0 unspecified atom stereocenters. The fraction of sp³-hybridized carbons (Fsp3) is 0.520. The molecule has 0 spiro atoms. The minimum absolute atomic E-state index is 0.0619. The van der Waals surface area contributed by atoms with Crippen LogP contribution < -0.4 is 5.56 Å². The number of piperidine rings is 1. The predicted octanol–water partition coefficient (Wildman–Crippen LogP) is 2.14. The second-order valence-corrected chi connectivity index (χ2v) is 9.86. The first-order valence-electron chi connectivity index (χ1n) is 12.0. The monoisotopic (exact) mass is 463 g/mol. The maximum atomic E-state index is 13.4. The van der Waals surface area contributed by atoms with Crippen molar-refractivity contribution in [1.82, 2.24) is 19.4 Å². The fourth-order valence-corrected chi connectivity index (χ4v) is 6.50. The van der Waals surface area contributed by atoms with Crippen LogP contribution in [-0.2, 0) is 17.9 Å². The van der Waals surface area contributed by atoms with E-state index in [0.717, 1.165) is 24.2 Å². The van der Waals surface area contributed by atoms with Gasteiger partial charge < -0.3 is 19.6 Å². The van der Waals surface area contributed by atoms with Gasteiger partial charge in [0.15, 0.2) is 0 Å². The molecule has 0 aliphatic carbocycles. The van der Waals surface area contributed by atoms with E-state index in [9.17, 15) is 9.59 Å². The highest BCUT2D eigenvalue weighted by molar-refractivity contribution is 5.93. The second kappa shape index (κ2) is 9.11. The first-order valence-corrected chi connectivity index (χ1v) is 12.0. The standard InChI is InChI=1S/C24H27N5O2.CH2O2/c25-9-15-8-21(26-10-15)24(31)27-11-16-7-18(13-27)22-6-1-17(23(30)29(22)12-16)14-28-19-2-3-20(28)5-4-19;2-1-3/h1,6,8,10,16,18-20,26H,2-5,7,11-14H2;1H,(H,2,3)/t16-,18+,19?,20?;/m0./s1. The van der Waals surface area contributed by atoms with Crippen molar-refractivity contribution in [3.63, 3.8) is 0 Å². The van der Waals surface area contributed by atoms with Crippen LogP contribution in [-0.4, -0.2) is 62.0 Å². The number of nitriles is 1. The summed E-state index contributed by atoms with van der Waals surface area (Å²) in [7, 11) is 0. The van der Waals surface area contributed by atoms with Crippen molar-refractivity contribution >= 4 is 12.4 Å². The molecule has 2 aromatic heterocycles. The third kappa shape index (κ3) is 3.92. The molecule has 3 fully saturated rings. The highest BCUT2D eigenvalue weighted by Gasteiger charge is 2.40. The van der Waals surface area contributed by atoms with Crippen LogP contribution in [0.4, 0.5) is 0 Å². The molecule has 6 heterocycles. The fourth-order valence-electron chi connectivity index (χ4n) is 6.50. The number of pyridine rings is 1. The van der Waals surface area contributed by atoms with Gasteiger partial charge in [-0.25, -0.2) is 0 Å². The van der Waals surface area contributed by atoms with Crippen molar-refractivity contribution in [2.45, 2.75) is 63.2 Å². The molecule has 0 saturated carbocycles. The number of likely N-dealkylation sites (tertiary alicyclic amines) is 1. The van der Waals surface area contributed by atoms with Crippen LogP contribution in [0.1, 0.15) is 65.3 Å². The predicted molar refractivity (Wildman–Crippen MR) is 123 cm³/mol. The largest absolute Gasteiger partial charge is 0.483 e. The van der Waals surface area contributed by atoms with Gasteiger partial charge in [-0.05, 0) is 50.2 Å². The number of carbonyl (C=O) groups excluding carboxylic acids is 1. The lowest BCUT2D eigenvalue weighted by Gasteiger charge is -2.42. The quantitative estimate of drug-likeness (QED) is 0.673. The van der Waals surface area contributed by atoms with Crippen LogP contribution in [0.2, 0.25) is 0 Å². The summed E-state index contributed by atoms with van der Waals surface area (Å²) in [6.07, 6.45) is 7.71. The van der Waals surface area contributed by atoms with Crippen LogP contribution in [0.15, 0.2) is 29.2 Å². The Morgan fingerprint density at radius 2 is 1.88 bits per heavy atom. The van der Waals surface area contributed by atoms with E-state index in [4.69, 9.17) is 15.2 Å². The second-order valence-electron chi connectivity index (χ2n) is 9.86. The maximum absolute atomic E-state index is 13.4. The lowest BCUT2D eigenvalue weighted by Crippen LogP contribution is -2.49. The Labute approximate surface area is 197 Å². The highest BCUT2D eigenvalue weighted by atomic mass is 16.3. The Kier molecular flexibility index (Phi) is 6.00. The summed E-state index contributed by atoms with van der Waals surface area (Å²) in [6.45, 7) is 2.49. The van der Waals surface area contributed by atoms with Crippen LogP contribution in [0.25, 0.3) is 0 Å². The van der Waals surface area contributed by atoms with Crippen LogP contribution in [0.5, 0.6) is 0 Å². The molecule has 4 aliphatic rings. The van der Waals surface area contributed by atoms with Gasteiger partial charge in [-0.2, -0.15) is 5.26 Å². The molecule has 9 nitrogen and oxygen atoms in total. The number of nitrogens with zero attached hydrogens (tertiary/aromatic N) is 4. The van der Waals surface area contributed by atoms with Gasteiger partial charge in [0.1, 0.15) is 11.8 Å². The van der Waals surface area contributed by atoms with Gasteiger partial charge in [-0.3, -0.25) is 19.3 Å².